The Morgan fingerprint density at radius 1 is 1.26 bits per heavy atom. The fourth-order valence-electron chi connectivity index (χ4n) is 2.84. The van der Waals surface area contributed by atoms with Crippen LogP contribution in [0.25, 0.3) is 0 Å². The lowest BCUT2D eigenvalue weighted by molar-refractivity contribution is -0.148. The van der Waals surface area contributed by atoms with Gasteiger partial charge < -0.3 is 9.84 Å². The quantitative estimate of drug-likeness (QED) is 0.826. The molecule has 1 aromatic carbocycles. The second-order valence-corrected chi connectivity index (χ2v) is 5.84. The SMILES string of the molecule is O=C1O[C@@H]([C@@H](O)Cc2ccccc2)C[C@H]1CC1CC1. The lowest BCUT2D eigenvalue weighted by atomic mass is 9.94. The molecule has 3 nitrogen and oxygen atoms in total. The van der Waals surface area contributed by atoms with Crippen LogP contribution in [0.1, 0.15) is 31.2 Å². The minimum absolute atomic E-state index is 0.0166. The summed E-state index contributed by atoms with van der Waals surface area (Å²) in [6, 6.07) is 9.84. The van der Waals surface area contributed by atoms with E-state index >= 15 is 0 Å². The normalized spacial score (nSPS) is 28.2. The number of hydrogen-bond donors (Lipinski definition) is 1. The summed E-state index contributed by atoms with van der Waals surface area (Å²) in [6.07, 6.45) is 3.78. The van der Waals surface area contributed by atoms with Crippen LogP contribution in [0.3, 0.4) is 0 Å². The van der Waals surface area contributed by atoms with Gasteiger partial charge in [-0.15, -0.1) is 0 Å². The molecule has 3 atom stereocenters. The highest BCUT2D eigenvalue weighted by Gasteiger charge is 2.40. The van der Waals surface area contributed by atoms with Crippen LogP contribution in [0.5, 0.6) is 0 Å². The highest BCUT2D eigenvalue weighted by molar-refractivity contribution is 5.74. The molecular weight excluding hydrogens is 240 g/mol. The van der Waals surface area contributed by atoms with Crippen LogP contribution in [0.2, 0.25) is 0 Å². The van der Waals surface area contributed by atoms with Crippen LogP contribution >= 0.6 is 0 Å². The van der Waals surface area contributed by atoms with Crippen LogP contribution in [-0.2, 0) is 16.0 Å². The van der Waals surface area contributed by atoms with Gasteiger partial charge in [0, 0.05) is 12.8 Å². The average Bonchev–Trinajstić information content (AvgIpc) is 3.14. The number of cyclic esters (lactones) is 1. The number of aliphatic hydroxyl groups excluding tert-OH is 1. The molecule has 0 bridgehead atoms. The summed E-state index contributed by atoms with van der Waals surface area (Å²) in [5.41, 5.74) is 1.08. The lowest BCUT2D eigenvalue weighted by Gasteiger charge is -2.16. The molecular formula is C16H20O3. The highest BCUT2D eigenvalue weighted by Crippen LogP contribution is 2.39. The predicted octanol–water partition coefficient (Wildman–Crippen LogP) is 2.32. The standard InChI is InChI=1S/C16H20O3/c17-14(9-11-4-2-1-3-5-11)15-10-13(16(18)19-15)8-12-6-7-12/h1-5,12-15,17H,6-10H2/t13-,14+,15-/m1/s1. The summed E-state index contributed by atoms with van der Waals surface area (Å²) in [7, 11) is 0. The number of benzene rings is 1. The molecule has 3 rings (SSSR count). The molecule has 1 saturated heterocycles. The summed E-state index contributed by atoms with van der Waals surface area (Å²) in [6.45, 7) is 0. The van der Waals surface area contributed by atoms with Crippen molar-refractivity contribution in [2.45, 2.75) is 44.3 Å². The molecule has 0 aromatic heterocycles. The second-order valence-electron chi connectivity index (χ2n) is 5.84. The summed E-state index contributed by atoms with van der Waals surface area (Å²) in [5, 5.41) is 10.2. The maximum absolute atomic E-state index is 11.8. The van der Waals surface area contributed by atoms with Crippen LogP contribution in [0, 0.1) is 11.8 Å². The first-order valence-corrected chi connectivity index (χ1v) is 7.15. The maximum atomic E-state index is 11.8. The first-order valence-electron chi connectivity index (χ1n) is 7.15. The largest absolute Gasteiger partial charge is 0.459 e. The monoisotopic (exact) mass is 260 g/mol. The van der Waals surface area contributed by atoms with Gasteiger partial charge in [-0.3, -0.25) is 4.79 Å². The number of esters is 1. The Labute approximate surface area is 113 Å². The van der Waals surface area contributed by atoms with Gasteiger partial charge in [-0.25, -0.2) is 0 Å². The molecule has 1 aliphatic carbocycles. The number of hydrogen-bond acceptors (Lipinski definition) is 3. The zero-order chi connectivity index (χ0) is 13.2. The third kappa shape index (κ3) is 3.16. The van der Waals surface area contributed by atoms with Crippen molar-refractivity contribution in [1.82, 2.24) is 0 Å². The molecule has 0 radical (unpaired) electrons. The van der Waals surface area contributed by atoms with Gasteiger partial charge in [0.05, 0.1) is 12.0 Å². The number of carbonyl (C=O) groups is 1. The van der Waals surface area contributed by atoms with Gasteiger partial charge in [-0.1, -0.05) is 43.2 Å². The molecule has 19 heavy (non-hydrogen) atoms. The number of aliphatic hydroxyl groups is 1. The van der Waals surface area contributed by atoms with E-state index in [1.165, 1.54) is 12.8 Å². The fourth-order valence-corrected chi connectivity index (χ4v) is 2.84. The van der Waals surface area contributed by atoms with E-state index in [1.807, 2.05) is 30.3 Å². The van der Waals surface area contributed by atoms with E-state index in [9.17, 15) is 9.90 Å². The lowest BCUT2D eigenvalue weighted by Crippen LogP contribution is -2.27. The highest BCUT2D eigenvalue weighted by atomic mass is 16.6. The fraction of sp³-hybridized carbons (Fsp3) is 0.562. The number of carbonyl (C=O) groups excluding carboxylic acids is 1. The van der Waals surface area contributed by atoms with Crippen molar-refractivity contribution in [3.05, 3.63) is 35.9 Å². The van der Waals surface area contributed by atoms with Crippen LogP contribution < -0.4 is 0 Å². The van der Waals surface area contributed by atoms with Crippen molar-refractivity contribution in [3.8, 4) is 0 Å². The first-order chi connectivity index (χ1) is 9.22. The molecule has 2 fully saturated rings. The molecule has 3 heteroatoms. The van der Waals surface area contributed by atoms with Gasteiger partial charge in [0.2, 0.25) is 0 Å². The van der Waals surface area contributed by atoms with E-state index < -0.39 is 6.10 Å². The summed E-state index contributed by atoms with van der Waals surface area (Å²) < 4.78 is 5.35. The Balaban J connectivity index is 1.55. The van der Waals surface area contributed by atoms with Crippen molar-refractivity contribution in [3.63, 3.8) is 0 Å². The molecule has 1 heterocycles. The van der Waals surface area contributed by atoms with Crippen molar-refractivity contribution < 1.29 is 14.6 Å². The van der Waals surface area contributed by atoms with Gasteiger partial charge in [0.25, 0.3) is 0 Å². The summed E-state index contributed by atoms with van der Waals surface area (Å²) in [4.78, 5) is 11.8. The molecule has 0 amide bonds. The van der Waals surface area contributed by atoms with Crippen LogP contribution in [-0.4, -0.2) is 23.3 Å². The van der Waals surface area contributed by atoms with Gasteiger partial charge in [-0.2, -0.15) is 0 Å². The molecule has 1 N–H and O–H groups in total. The van der Waals surface area contributed by atoms with Gasteiger partial charge in [-0.05, 0) is 17.9 Å². The third-order valence-electron chi connectivity index (χ3n) is 4.15. The van der Waals surface area contributed by atoms with E-state index in [1.54, 1.807) is 0 Å². The molecule has 1 aromatic rings. The first kappa shape index (κ1) is 12.7. The van der Waals surface area contributed by atoms with E-state index in [0.29, 0.717) is 12.8 Å². The smallest absolute Gasteiger partial charge is 0.309 e. The minimum atomic E-state index is -0.587. The van der Waals surface area contributed by atoms with Gasteiger partial charge in [0.1, 0.15) is 6.10 Å². The van der Waals surface area contributed by atoms with Crippen LogP contribution in [0.4, 0.5) is 0 Å². The molecule has 1 aliphatic heterocycles. The third-order valence-corrected chi connectivity index (χ3v) is 4.15. The van der Waals surface area contributed by atoms with E-state index in [4.69, 9.17) is 4.74 Å². The Hall–Kier alpha value is -1.35. The van der Waals surface area contributed by atoms with E-state index in [2.05, 4.69) is 0 Å². The minimum Gasteiger partial charge on any atom is -0.459 e. The molecule has 102 valence electrons. The Bertz CT molecular complexity index is 439. The predicted molar refractivity (Wildman–Crippen MR) is 71.5 cm³/mol. The van der Waals surface area contributed by atoms with Crippen LogP contribution in [0.15, 0.2) is 30.3 Å². The van der Waals surface area contributed by atoms with E-state index in [0.717, 1.165) is 17.9 Å². The number of rotatable bonds is 5. The Morgan fingerprint density at radius 3 is 2.68 bits per heavy atom. The summed E-state index contributed by atoms with van der Waals surface area (Å²) >= 11 is 0. The van der Waals surface area contributed by atoms with Crippen molar-refractivity contribution in [1.29, 1.82) is 0 Å². The molecule has 0 unspecified atom stereocenters. The van der Waals surface area contributed by atoms with Crippen molar-refractivity contribution >= 4 is 5.97 Å². The topological polar surface area (TPSA) is 46.5 Å². The van der Waals surface area contributed by atoms with Gasteiger partial charge >= 0.3 is 5.97 Å². The summed E-state index contributed by atoms with van der Waals surface area (Å²) in [5.74, 6) is 0.634. The molecule has 1 saturated carbocycles. The van der Waals surface area contributed by atoms with E-state index in [-0.39, 0.29) is 18.0 Å². The van der Waals surface area contributed by atoms with Crippen molar-refractivity contribution in [2.75, 3.05) is 0 Å². The maximum Gasteiger partial charge on any atom is 0.309 e. The zero-order valence-corrected chi connectivity index (χ0v) is 11.0. The van der Waals surface area contributed by atoms with Crippen molar-refractivity contribution in [2.24, 2.45) is 11.8 Å². The van der Waals surface area contributed by atoms with Gasteiger partial charge in [0.15, 0.2) is 0 Å². The zero-order valence-electron chi connectivity index (χ0n) is 11.0. The Morgan fingerprint density at radius 2 is 2.00 bits per heavy atom. The average molecular weight is 260 g/mol. The molecule has 2 aliphatic rings. The second kappa shape index (κ2) is 5.33. The Kier molecular flexibility index (Phi) is 3.56. The molecule has 0 spiro atoms. The number of ether oxygens (including phenoxy) is 1.